The summed E-state index contributed by atoms with van der Waals surface area (Å²) in [4.78, 5) is 40.2. The number of hydrogen-bond donors (Lipinski definition) is 1. The van der Waals surface area contributed by atoms with Crippen LogP contribution in [0.3, 0.4) is 0 Å². The van der Waals surface area contributed by atoms with Crippen molar-refractivity contribution in [2.45, 2.75) is 13.5 Å². The van der Waals surface area contributed by atoms with Gasteiger partial charge in [0.25, 0.3) is 0 Å². The van der Waals surface area contributed by atoms with Crippen molar-refractivity contribution in [3.63, 3.8) is 0 Å². The van der Waals surface area contributed by atoms with Crippen molar-refractivity contribution < 1.29 is 14.0 Å². The summed E-state index contributed by atoms with van der Waals surface area (Å²) in [5.41, 5.74) is 1.16. The normalized spacial score (nSPS) is 11.1. The van der Waals surface area contributed by atoms with Crippen molar-refractivity contribution in [3.8, 4) is 0 Å². The van der Waals surface area contributed by atoms with Gasteiger partial charge in [0.15, 0.2) is 11.4 Å². The summed E-state index contributed by atoms with van der Waals surface area (Å²) in [5, 5.41) is 7.17. The number of anilines is 1. The van der Waals surface area contributed by atoms with Crippen molar-refractivity contribution in [2.24, 2.45) is 0 Å². The summed E-state index contributed by atoms with van der Waals surface area (Å²) in [6, 6.07) is 10.4. The first-order valence-corrected chi connectivity index (χ1v) is 8.36. The average molecular weight is 379 g/mol. The quantitative estimate of drug-likeness (QED) is 0.547. The van der Waals surface area contributed by atoms with Crippen molar-refractivity contribution in [1.29, 1.82) is 0 Å². The van der Waals surface area contributed by atoms with Crippen LogP contribution in [-0.2, 0) is 11.3 Å². The maximum Gasteiger partial charge on any atom is 0.352 e. The molecule has 4 rings (SSSR count). The number of rotatable bonds is 4. The third-order valence-corrected chi connectivity index (χ3v) is 4.25. The van der Waals surface area contributed by atoms with E-state index in [9.17, 15) is 18.8 Å². The lowest BCUT2D eigenvalue weighted by molar-refractivity contribution is -0.117. The van der Waals surface area contributed by atoms with Crippen molar-refractivity contribution in [3.05, 3.63) is 70.7 Å². The zero-order valence-electron chi connectivity index (χ0n) is 14.7. The molecule has 2 aromatic carbocycles. The number of ketones is 1. The third-order valence-electron chi connectivity index (χ3n) is 4.25. The fraction of sp³-hybridized carbons (Fsp3) is 0.105. The minimum absolute atomic E-state index is 0.0774. The highest BCUT2D eigenvalue weighted by Gasteiger charge is 2.14. The maximum absolute atomic E-state index is 13.6. The minimum Gasteiger partial charge on any atom is -0.324 e. The van der Waals surface area contributed by atoms with E-state index in [1.807, 2.05) is 0 Å². The Morgan fingerprint density at radius 2 is 1.89 bits per heavy atom. The molecule has 2 aromatic heterocycles. The van der Waals surface area contributed by atoms with Gasteiger partial charge >= 0.3 is 5.69 Å². The van der Waals surface area contributed by atoms with Gasteiger partial charge in [-0.1, -0.05) is 0 Å². The summed E-state index contributed by atoms with van der Waals surface area (Å²) in [5.74, 6) is -1.02. The predicted octanol–water partition coefficient (Wildman–Crippen LogP) is 2.02. The highest BCUT2D eigenvalue weighted by Crippen LogP contribution is 2.16. The Kier molecular flexibility index (Phi) is 4.19. The molecule has 0 aliphatic carbocycles. The van der Waals surface area contributed by atoms with Gasteiger partial charge in [-0.25, -0.2) is 23.3 Å². The molecule has 9 heteroatoms. The van der Waals surface area contributed by atoms with Crippen LogP contribution in [-0.4, -0.2) is 30.9 Å². The Morgan fingerprint density at radius 3 is 2.61 bits per heavy atom. The summed E-state index contributed by atoms with van der Waals surface area (Å²) >= 11 is 0. The first-order chi connectivity index (χ1) is 13.4. The van der Waals surface area contributed by atoms with Crippen LogP contribution in [0.25, 0.3) is 16.6 Å². The first-order valence-electron chi connectivity index (χ1n) is 8.36. The van der Waals surface area contributed by atoms with Crippen LogP contribution >= 0.6 is 0 Å². The van der Waals surface area contributed by atoms with E-state index in [2.05, 4.69) is 15.4 Å². The Morgan fingerprint density at radius 1 is 1.14 bits per heavy atom. The number of carbonyl (C=O) groups is 2. The number of hydrogen-bond acceptors (Lipinski definition) is 5. The molecule has 140 valence electrons. The summed E-state index contributed by atoms with van der Waals surface area (Å²) in [6.45, 7) is 1.12. The fourth-order valence-corrected chi connectivity index (χ4v) is 2.86. The van der Waals surface area contributed by atoms with Crippen LogP contribution in [0.4, 0.5) is 10.1 Å². The van der Waals surface area contributed by atoms with E-state index in [1.165, 1.54) is 31.5 Å². The lowest BCUT2D eigenvalue weighted by atomic mass is 10.1. The van der Waals surface area contributed by atoms with Crippen LogP contribution < -0.4 is 11.0 Å². The van der Waals surface area contributed by atoms with Gasteiger partial charge in [-0.15, -0.1) is 5.10 Å². The lowest BCUT2D eigenvalue weighted by Gasteiger charge is -2.05. The van der Waals surface area contributed by atoms with Crippen molar-refractivity contribution in [1.82, 2.24) is 19.2 Å². The van der Waals surface area contributed by atoms with Crippen LogP contribution in [0.1, 0.15) is 17.3 Å². The summed E-state index contributed by atoms with van der Waals surface area (Å²) in [6.07, 6.45) is 1.29. The first kappa shape index (κ1) is 17.5. The monoisotopic (exact) mass is 379 g/mol. The molecule has 0 aliphatic heterocycles. The lowest BCUT2D eigenvalue weighted by Crippen LogP contribution is -2.28. The molecule has 1 N–H and O–H groups in total. The number of amides is 1. The number of benzene rings is 2. The molecule has 2 heterocycles. The highest BCUT2D eigenvalue weighted by molar-refractivity contribution is 5.95. The Bertz CT molecular complexity index is 1290. The zero-order valence-corrected chi connectivity index (χ0v) is 14.7. The summed E-state index contributed by atoms with van der Waals surface area (Å²) < 4.78 is 15.7. The number of nitrogens with one attached hydrogen (secondary N) is 1. The van der Waals surface area contributed by atoms with Crippen LogP contribution in [0.15, 0.2) is 53.6 Å². The molecular weight excluding hydrogens is 365 g/mol. The van der Waals surface area contributed by atoms with Crippen molar-refractivity contribution in [2.75, 3.05) is 5.32 Å². The van der Waals surface area contributed by atoms with Crippen LogP contribution in [0, 0.1) is 5.82 Å². The molecule has 28 heavy (non-hydrogen) atoms. The van der Waals surface area contributed by atoms with Gasteiger partial charge in [0.2, 0.25) is 5.91 Å². The standard InChI is InChI=1S/C19H14FN5O3/c1-11(26)12-2-5-14(6-3-12)22-17(27)9-25-19(28)24-10-21-16-7-4-13(20)8-15(16)18(24)23-25/h2-8,10H,9H2,1H3,(H,22,27). The zero-order chi connectivity index (χ0) is 19.8. The van der Waals surface area contributed by atoms with E-state index in [1.54, 1.807) is 24.3 Å². The van der Waals surface area contributed by atoms with Gasteiger partial charge < -0.3 is 5.32 Å². The van der Waals surface area contributed by atoms with E-state index in [0.29, 0.717) is 22.2 Å². The predicted molar refractivity (Wildman–Crippen MR) is 99.8 cm³/mol. The third kappa shape index (κ3) is 3.13. The second kappa shape index (κ2) is 6.69. The largest absolute Gasteiger partial charge is 0.352 e. The molecule has 0 spiro atoms. The van der Waals surface area contributed by atoms with Crippen LogP contribution in [0.5, 0.6) is 0 Å². The van der Waals surface area contributed by atoms with E-state index in [4.69, 9.17) is 0 Å². The van der Waals surface area contributed by atoms with Crippen LogP contribution in [0.2, 0.25) is 0 Å². The summed E-state index contributed by atoms with van der Waals surface area (Å²) in [7, 11) is 0. The Balaban J connectivity index is 1.62. The highest BCUT2D eigenvalue weighted by atomic mass is 19.1. The number of nitrogens with zero attached hydrogens (tertiary/aromatic N) is 4. The SMILES string of the molecule is CC(=O)c1ccc(NC(=O)Cn2nc3c4cc(F)ccc4ncn3c2=O)cc1. The smallest absolute Gasteiger partial charge is 0.324 e. The van der Waals surface area contributed by atoms with E-state index >= 15 is 0 Å². The molecule has 0 fully saturated rings. The van der Waals surface area contributed by atoms with E-state index in [0.717, 1.165) is 9.08 Å². The Hall–Kier alpha value is -3.88. The molecule has 0 saturated heterocycles. The number of aromatic nitrogens is 4. The Labute approximate surface area is 157 Å². The molecular formula is C19H14FN5O3. The van der Waals surface area contributed by atoms with Gasteiger partial charge in [-0.2, -0.15) is 0 Å². The number of Topliss-reactive ketones (excluding diaryl/α,β-unsaturated/α-hetero) is 1. The number of halogens is 1. The average Bonchev–Trinajstić information content (AvgIpc) is 2.98. The van der Waals surface area contributed by atoms with Gasteiger partial charge in [-0.3, -0.25) is 9.59 Å². The van der Waals surface area contributed by atoms with Gasteiger partial charge in [0.05, 0.1) is 5.52 Å². The topological polar surface area (TPSA) is 98.4 Å². The van der Waals surface area contributed by atoms with Gasteiger partial charge in [0, 0.05) is 16.6 Å². The van der Waals surface area contributed by atoms with Gasteiger partial charge in [0.1, 0.15) is 18.7 Å². The van der Waals surface area contributed by atoms with E-state index in [-0.39, 0.29) is 18.0 Å². The van der Waals surface area contributed by atoms with Crippen molar-refractivity contribution >= 4 is 33.9 Å². The molecule has 0 radical (unpaired) electrons. The van der Waals surface area contributed by atoms with E-state index < -0.39 is 17.4 Å². The van der Waals surface area contributed by atoms with Gasteiger partial charge in [-0.05, 0) is 49.4 Å². The fourth-order valence-electron chi connectivity index (χ4n) is 2.86. The minimum atomic E-state index is -0.560. The molecule has 4 aromatic rings. The number of fused-ring (bicyclic) bond motifs is 3. The maximum atomic E-state index is 13.6. The molecule has 0 atom stereocenters. The number of carbonyl (C=O) groups excluding carboxylic acids is 2. The molecule has 8 nitrogen and oxygen atoms in total. The molecule has 0 unspecified atom stereocenters. The molecule has 0 bridgehead atoms. The second-order valence-corrected chi connectivity index (χ2v) is 6.22. The molecule has 0 saturated carbocycles. The molecule has 1 amide bonds. The second-order valence-electron chi connectivity index (χ2n) is 6.22. The molecule has 0 aliphatic rings.